The second-order valence-electron chi connectivity index (χ2n) is 9.75. The average molecular weight is 521 g/mol. The van der Waals surface area contributed by atoms with Gasteiger partial charge in [0.2, 0.25) is 5.91 Å². The van der Waals surface area contributed by atoms with E-state index in [4.69, 9.17) is 5.73 Å². The van der Waals surface area contributed by atoms with Crippen molar-refractivity contribution in [2.24, 2.45) is 5.73 Å². The van der Waals surface area contributed by atoms with Crippen molar-refractivity contribution < 1.29 is 9.59 Å². The van der Waals surface area contributed by atoms with E-state index in [0.29, 0.717) is 41.1 Å². The van der Waals surface area contributed by atoms with E-state index in [2.05, 4.69) is 48.8 Å². The molecular formula is C28H36N6O2S. The maximum atomic E-state index is 12.7. The molecule has 4 rings (SSSR count). The fraction of sp³-hybridized carbons (Fsp3) is 0.429. The number of aryl methyl sites for hydroxylation is 2. The summed E-state index contributed by atoms with van der Waals surface area (Å²) >= 11 is 1.71. The molecule has 0 radical (unpaired) electrons. The van der Waals surface area contributed by atoms with Gasteiger partial charge in [-0.15, -0.1) is 0 Å². The number of thiophene rings is 1. The van der Waals surface area contributed by atoms with E-state index in [1.54, 1.807) is 11.3 Å². The van der Waals surface area contributed by atoms with Gasteiger partial charge in [0, 0.05) is 49.5 Å². The fourth-order valence-corrected chi connectivity index (χ4v) is 5.71. The summed E-state index contributed by atoms with van der Waals surface area (Å²) in [7, 11) is 0. The molecule has 1 fully saturated rings. The Kier molecular flexibility index (Phi) is 8.89. The standard InChI is InChI=1S/C28H36N6O2S/c1-19(8-12-30-28(36)26-20(2)31-18-32-21(26)3)33-13-9-25(10-14-33)34(16-22-11-15-37-17-22)24-6-4-23(5-7-24)27(29)35/h4-7,11,15,17-19,25H,8-10,12-14,16H2,1-3H3,(H2,29,35)(H,30,36)/t19-/m1/s1. The van der Waals surface area contributed by atoms with Crippen molar-refractivity contribution >= 4 is 28.8 Å². The molecule has 2 amide bonds. The predicted octanol–water partition coefficient (Wildman–Crippen LogP) is 3.93. The first-order valence-electron chi connectivity index (χ1n) is 12.8. The average Bonchev–Trinajstić information content (AvgIpc) is 3.41. The molecule has 1 saturated heterocycles. The van der Waals surface area contributed by atoms with Crippen LogP contribution < -0.4 is 16.0 Å². The van der Waals surface area contributed by atoms with Crippen LogP contribution in [0.25, 0.3) is 0 Å². The van der Waals surface area contributed by atoms with Crippen molar-refractivity contribution in [1.82, 2.24) is 20.2 Å². The third-order valence-electron chi connectivity index (χ3n) is 7.28. The second kappa shape index (κ2) is 12.3. The first-order valence-corrected chi connectivity index (χ1v) is 13.8. The fourth-order valence-electron chi connectivity index (χ4n) is 5.05. The van der Waals surface area contributed by atoms with E-state index in [1.165, 1.54) is 11.9 Å². The Bertz CT molecular complexity index is 1170. The summed E-state index contributed by atoms with van der Waals surface area (Å²) in [4.78, 5) is 37.5. The first kappa shape index (κ1) is 26.8. The van der Waals surface area contributed by atoms with Gasteiger partial charge in [-0.3, -0.25) is 9.59 Å². The van der Waals surface area contributed by atoms with Gasteiger partial charge in [0.25, 0.3) is 5.91 Å². The molecule has 8 nitrogen and oxygen atoms in total. The number of carbonyl (C=O) groups excluding carboxylic acids is 2. The van der Waals surface area contributed by atoms with Gasteiger partial charge in [-0.1, -0.05) is 0 Å². The lowest BCUT2D eigenvalue weighted by atomic mass is 9.99. The van der Waals surface area contributed by atoms with Gasteiger partial charge in [-0.05, 0) is 86.7 Å². The van der Waals surface area contributed by atoms with Gasteiger partial charge >= 0.3 is 0 Å². The third kappa shape index (κ3) is 6.72. The minimum Gasteiger partial charge on any atom is -0.366 e. The Morgan fingerprint density at radius 2 is 1.81 bits per heavy atom. The van der Waals surface area contributed by atoms with Crippen LogP contribution in [0.4, 0.5) is 5.69 Å². The van der Waals surface area contributed by atoms with E-state index in [0.717, 1.165) is 44.6 Å². The van der Waals surface area contributed by atoms with E-state index in [-0.39, 0.29) is 5.91 Å². The number of piperidine rings is 1. The number of nitrogens with two attached hydrogens (primary N) is 1. The minimum absolute atomic E-state index is 0.104. The van der Waals surface area contributed by atoms with Crippen molar-refractivity contribution in [3.8, 4) is 0 Å². The zero-order valence-electron chi connectivity index (χ0n) is 21.8. The lowest BCUT2D eigenvalue weighted by Crippen LogP contribution is -2.48. The van der Waals surface area contributed by atoms with Gasteiger partial charge < -0.3 is 20.9 Å². The number of aromatic nitrogens is 2. The summed E-state index contributed by atoms with van der Waals surface area (Å²) < 4.78 is 0. The van der Waals surface area contributed by atoms with Gasteiger partial charge in [0.05, 0.1) is 17.0 Å². The molecule has 3 heterocycles. The number of primary amides is 1. The molecule has 9 heteroatoms. The molecule has 0 bridgehead atoms. The minimum atomic E-state index is -0.406. The van der Waals surface area contributed by atoms with Crippen LogP contribution in [0.5, 0.6) is 0 Å². The van der Waals surface area contributed by atoms with Crippen LogP contribution >= 0.6 is 11.3 Å². The number of likely N-dealkylation sites (tertiary alicyclic amines) is 1. The molecule has 1 aliphatic heterocycles. The molecule has 3 aromatic rings. The maximum Gasteiger partial charge on any atom is 0.254 e. The summed E-state index contributed by atoms with van der Waals surface area (Å²) in [6.07, 6.45) is 4.48. The molecule has 37 heavy (non-hydrogen) atoms. The highest BCUT2D eigenvalue weighted by Crippen LogP contribution is 2.28. The number of benzene rings is 1. The molecule has 0 aliphatic carbocycles. The van der Waals surface area contributed by atoms with Crippen LogP contribution in [-0.4, -0.2) is 58.4 Å². The SMILES string of the molecule is Cc1ncnc(C)c1C(=O)NCC[C@@H](C)N1CCC(N(Cc2ccsc2)c2ccc(C(N)=O)cc2)CC1. The van der Waals surface area contributed by atoms with Crippen LogP contribution in [0.2, 0.25) is 0 Å². The molecule has 2 aromatic heterocycles. The van der Waals surface area contributed by atoms with Crippen LogP contribution in [0.3, 0.4) is 0 Å². The molecule has 0 unspecified atom stereocenters. The Hall–Kier alpha value is -3.30. The highest BCUT2D eigenvalue weighted by molar-refractivity contribution is 7.07. The maximum absolute atomic E-state index is 12.7. The highest BCUT2D eigenvalue weighted by Gasteiger charge is 2.27. The number of carbonyl (C=O) groups is 2. The van der Waals surface area contributed by atoms with E-state index in [1.807, 2.05) is 38.1 Å². The summed E-state index contributed by atoms with van der Waals surface area (Å²) in [6.45, 7) is 9.38. The first-order chi connectivity index (χ1) is 17.8. The number of amides is 2. The lowest BCUT2D eigenvalue weighted by Gasteiger charge is -2.42. The summed E-state index contributed by atoms with van der Waals surface area (Å²) in [6, 6.07) is 10.6. The van der Waals surface area contributed by atoms with Crippen molar-refractivity contribution in [2.75, 3.05) is 24.5 Å². The van der Waals surface area contributed by atoms with Gasteiger partial charge in [-0.25, -0.2) is 9.97 Å². The molecule has 1 aliphatic rings. The number of nitrogens with zero attached hydrogens (tertiary/aromatic N) is 4. The largest absolute Gasteiger partial charge is 0.366 e. The quantitative estimate of drug-likeness (QED) is 0.420. The number of anilines is 1. The molecule has 1 atom stereocenters. The smallest absolute Gasteiger partial charge is 0.254 e. The Morgan fingerprint density at radius 1 is 1.14 bits per heavy atom. The zero-order chi connectivity index (χ0) is 26.4. The van der Waals surface area contributed by atoms with Crippen molar-refractivity contribution in [3.63, 3.8) is 0 Å². The van der Waals surface area contributed by atoms with Crippen LogP contribution in [-0.2, 0) is 6.54 Å². The summed E-state index contributed by atoms with van der Waals surface area (Å²) in [5.41, 5.74) is 10.4. The molecule has 0 spiro atoms. The Balaban J connectivity index is 1.32. The number of rotatable bonds is 10. The van der Waals surface area contributed by atoms with E-state index >= 15 is 0 Å². The van der Waals surface area contributed by atoms with Crippen LogP contribution in [0, 0.1) is 13.8 Å². The van der Waals surface area contributed by atoms with E-state index in [9.17, 15) is 9.59 Å². The predicted molar refractivity (Wildman–Crippen MR) is 148 cm³/mol. The van der Waals surface area contributed by atoms with Crippen LogP contribution in [0.15, 0.2) is 47.4 Å². The zero-order valence-corrected chi connectivity index (χ0v) is 22.6. The van der Waals surface area contributed by atoms with Gasteiger partial charge in [-0.2, -0.15) is 11.3 Å². The summed E-state index contributed by atoms with van der Waals surface area (Å²) in [5.74, 6) is -0.510. The topological polar surface area (TPSA) is 104 Å². The molecule has 3 N–H and O–H groups in total. The number of hydrogen-bond acceptors (Lipinski definition) is 7. The van der Waals surface area contributed by atoms with Gasteiger partial charge in [0.1, 0.15) is 6.33 Å². The van der Waals surface area contributed by atoms with Gasteiger partial charge in [0.15, 0.2) is 0 Å². The van der Waals surface area contributed by atoms with E-state index < -0.39 is 5.91 Å². The molecule has 196 valence electrons. The molecule has 0 saturated carbocycles. The van der Waals surface area contributed by atoms with Crippen molar-refractivity contribution in [1.29, 1.82) is 0 Å². The summed E-state index contributed by atoms with van der Waals surface area (Å²) in [5, 5.41) is 7.36. The number of nitrogens with one attached hydrogen (secondary N) is 1. The van der Waals surface area contributed by atoms with Crippen molar-refractivity contribution in [3.05, 3.63) is 75.5 Å². The normalized spacial score (nSPS) is 15.3. The lowest BCUT2D eigenvalue weighted by molar-refractivity contribution is 0.0941. The van der Waals surface area contributed by atoms with Crippen LogP contribution in [0.1, 0.15) is 63.9 Å². The number of hydrogen-bond donors (Lipinski definition) is 2. The molecule has 1 aromatic carbocycles. The third-order valence-corrected chi connectivity index (χ3v) is 8.01. The van der Waals surface area contributed by atoms with Crippen molar-refractivity contribution in [2.45, 2.75) is 58.7 Å². The second-order valence-corrected chi connectivity index (χ2v) is 10.5. The highest BCUT2D eigenvalue weighted by atomic mass is 32.1. The molecular weight excluding hydrogens is 484 g/mol. The Morgan fingerprint density at radius 3 is 2.41 bits per heavy atom. The Labute approximate surface area is 222 Å². The monoisotopic (exact) mass is 520 g/mol.